The summed E-state index contributed by atoms with van der Waals surface area (Å²) in [6, 6.07) is 2.44. The Hall–Kier alpha value is -1.78. The second kappa shape index (κ2) is 7.63. The van der Waals surface area contributed by atoms with Crippen LogP contribution in [0.4, 0.5) is 0 Å². The van der Waals surface area contributed by atoms with Crippen molar-refractivity contribution in [3.8, 4) is 0 Å². The van der Waals surface area contributed by atoms with Gasteiger partial charge in [-0.2, -0.15) is 0 Å². The quantitative estimate of drug-likeness (QED) is 0.791. The lowest BCUT2D eigenvalue weighted by molar-refractivity contribution is -0.140. The molecule has 0 spiro atoms. The molecule has 0 radical (unpaired) electrons. The van der Waals surface area contributed by atoms with Crippen LogP contribution in [-0.4, -0.2) is 46.8 Å². The fourth-order valence-corrected chi connectivity index (χ4v) is 3.79. The molecule has 1 aliphatic carbocycles. The van der Waals surface area contributed by atoms with Crippen molar-refractivity contribution in [3.63, 3.8) is 0 Å². The third-order valence-corrected chi connectivity index (χ3v) is 6.00. The first-order valence-electron chi connectivity index (χ1n) is 9.66. The Bertz CT molecular complexity index is 586. The van der Waals surface area contributed by atoms with Crippen LogP contribution in [0.1, 0.15) is 63.2 Å². The second-order valence-corrected chi connectivity index (χ2v) is 7.68. The van der Waals surface area contributed by atoms with E-state index >= 15 is 0 Å². The largest absolute Gasteiger partial charge is 0.472 e. The summed E-state index contributed by atoms with van der Waals surface area (Å²) in [6.07, 6.45) is 7.91. The lowest BCUT2D eigenvalue weighted by Crippen LogP contribution is -2.49. The molecule has 3 rings (SSSR count). The molecule has 1 aromatic heterocycles. The lowest BCUT2D eigenvalue weighted by atomic mass is 9.92. The highest BCUT2D eigenvalue weighted by Crippen LogP contribution is 2.34. The van der Waals surface area contributed by atoms with Gasteiger partial charge >= 0.3 is 0 Å². The van der Waals surface area contributed by atoms with E-state index in [0.717, 1.165) is 32.1 Å². The van der Waals surface area contributed by atoms with Gasteiger partial charge in [-0.15, -0.1) is 0 Å². The summed E-state index contributed by atoms with van der Waals surface area (Å²) in [5, 5.41) is 0. The van der Waals surface area contributed by atoms with Crippen LogP contribution in [0.15, 0.2) is 23.0 Å². The Kier molecular flexibility index (Phi) is 5.50. The molecule has 25 heavy (non-hydrogen) atoms. The minimum atomic E-state index is 0.00618. The van der Waals surface area contributed by atoms with Gasteiger partial charge in [-0.25, -0.2) is 0 Å². The predicted molar refractivity (Wildman–Crippen MR) is 96.1 cm³/mol. The maximum absolute atomic E-state index is 13.2. The number of carbonyl (C=O) groups is 2. The SMILES string of the molecule is CCC(C)C(C)N(C(=O)C1CCN(C(=O)c2ccoc2)CC1)C1CC1. The third-order valence-electron chi connectivity index (χ3n) is 6.00. The zero-order chi connectivity index (χ0) is 18.0. The minimum Gasteiger partial charge on any atom is -0.472 e. The standard InChI is InChI=1S/C20H30N2O3/c1-4-14(2)15(3)22(18-5-6-18)20(24)16-7-10-21(11-8-16)19(23)17-9-12-25-13-17/h9,12-16,18H,4-8,10-11H2,1-3H3. The van der Waals surface area contributed by atoms with Crippen LogP contribution < -0.4 is 0 Å². The Morgan fingerprint density at radius 1 is 1.24 bits per heavy atom. The van der Waals surface area contributed by atoms with Gasteiger partial charge in [0.15, 0.2) is 0 Å². The second-order valence-electron chi connectivity index (χ2n) is 7.68. The maximum atomic E-state index is 13.2. The molecule has 0 bridgehead atoms. The first kappa shape index (κ1) is 18.0. The van der Waals surface area contributed by atoms with E-state index < -0.39 is 0 Å². The zero-order valence-electron chi connectivity index (χ0n) is 15.6. The number of hydrogen-bond donors (Lipinski definition) is 0. The third kappa shape index (κ3) is 3.91. The predicted octanol–water partition coefficient (Wildman–Crippen LogP) is 3.56. The van der Waals surface area contributed by atoms with Crippen molar-refractivity contribution in [2.45, 2.75) is 65.0 Å². The Balaban J connectivity index is 1.59. The van der Waals surface area contributed by atoms with E-state index in [-0.39, 0.29) is 11.8 Å². The van der Waals surface area contributed by atoms with Crippen molar-refractivity contribution in [2.24, 2.45) is 11.8 Å². The van der Waals surface area contributed by atoms with Crippen molar-refractivity contribution in [3.05, 3.63) is 24.2 Å². The molecule has 5 nitrogen and oxygen atoms in total. The molecular formula is C20H30N2O3. The smallest absolute Gasteiger partial charge is 0.257 e. The first-order valence-corrected chi connectivity index (χ1v) is 9.66. The van der Waals surface area contributed by atoms with Crippen LogP contribution in [0, 0.1) is 11.8 Å². The first-order chi connectivity index (χ1) is 12.0. The topological polar surface area (TPSA) is 53.8 Å². The number of piperidine rings is 1. The van der Waals surface area contributed by atoms with Gasteiger partial charge in [0.25, 0.3) is 5.91 Å². The molecule has 0 N–H and O–H groups in total. The van der Waals surface area contributed by atoms with Crippen molar-refractivity contribution < 1.29 is 14.0 Å². The van der Waals surface area contributed by atoms with Crippen LogP contribution in [-0.2, 0) is 4.79 Å². The summed E-state index contributed by atoms with van der Waals surface area (Å²) in [5.74, 6) is 0.894. The van der Waals surface area contributed by atoms with E-state index in [9.17, 15) is 9.59 Å². The van der Waals surface area contributed by atoms with Crippen molar-refractivity contribution in [1.82, 2.24) is 9.80 Å². The van der Waals surface area contributed by atoms with Gasteiger partial charge < -0.3 is 14.2 Å². The normalized spacial score (nSPS) is 21.0. The monoisotopic (exact) mass is 346 g/mol. The number of likely N-dealkylation sites (tertiary alicyclic amines) is 1. The van der Waals surface area contributed by atoms with Crippen LogP contribution in [0.2, 0.25) is 0 Å². The molecule has 2 aliphatic rings. The minimum absolute atomic E-state index is 0.00618. The number of hydrogen-bond acceptors (Lipinski definition) is 3. The molecule has 138 valence electrons. The van der Waals surface area contributed by atoms with Gasteiger partial charge in [-0.05, 0) is 44.6 Å². The summed E-state index contributed by atoms with van der Waals surface area (Å²) in [7, 11) is 0. The molecular weight excluding hydrogens is 316 g/mol. The summed E-state index contributed by atoms with van der Waals surface area (Å²) in [4.78, 5) is 29.6. The average Bonchev–Trinajstić information content (AvgIpc) is 3.32. The summed E-state index contributed by atoms with van der Waals surface area (Å²) < 4.78 is 5.00. The fourth-order valence-electron chi connectivity index (χ4n) is 3.79. The molecule has 2 heterocycles. The van der Waals surface area contributed by atoms with E-state index in [1.54, 1.807) is 6.07 Å². The molecule has 1 aliphatic heterocycles. The number of carbonyl (C=O) groups excluding carboxylic acids is 2. The molecule has 5 heteroatoms. The van der Waals surface area contributed by atoms with Crippen molar-refractivity contribution >= 4 is 11.8 Å². The van der Waals surface area contributed by atoms with Gasteiger partial charge in [0.05, 0.1) is 11.8 Å². The number of nitrogens with zero attached hydrogens (tertiary/aromatic N) is 2. The molecule has 2 fully saturated rings. The van der Waals surface area contributed by atoms with E-state index in [2.05, 4.69) is 25.7 Å². The molecule has 0 aromatic carbocycles. The molecule has 2 atom stereocenters. The van der Waals surface area contributed by atoms with Crippen LogP contribution in [0.3, 0.4) is 0 Å². The van der Waals surface area contributed by atoms with Crippen LogP contribution in [0.5, 0.6) is 0 Å². The number of furan rings is 1. The van der Waals surface area contributed by atoms with E-state index in [4.69, 9.17) is 4.42 Å². The molecule has 1 aromatic rings. The van der Waals surface area contributed by atoms with E-state index in [1.807, 2.05) is 4.90 Å². The van der Waals surface area contributed by atoms with Crippen LogP contribution in [0.25, 0.3) is 0 Å². The maximum Gasteiger partial charge on any atom is 0.257 e. The van der Waals surface area contributed by atoms with Crippen molar-refractivity contribution in [1.29, 1.82) is 0 Å². The van der Waals surface area contributed by atoms with Crippen molar-refractivity contribution in [2.75, 3.05) is 13.1 Å². The van der Waals surface area contributed by atoms with E-state index in [0.29, 0.717) is 42.6 Å². The molecule has 2 unspecified atom stereocenters. The summed E-state index contributed by atoms with van der Waals surface area (Å²) >= 11 is 0. The van der Waals surface area contributed by atoms with Gasteiger partial charge in [0, 0.05) is 31.1 Å². The summed E-state index contributed by atoms with van der Waals surface area (Å²) in [5.41, 5.74) is 0.592. The highest BCUT2D eigenvalue weighted by atomic mass is 16.3. The Morgan fingerprint density at radius 2 is 1.92 bits per heavy atom. The lowest BCUT2D eigenvalue weighted by Gasteiger charge is -2.38. The number of amides is 2. The van der Waals surface area contributed by atoms with Gasteiger partial charge in [-0.3, -0.25) is 9.59 Å². The highest BCUT2D eigenvalue weighted by molar-refractivity contribution is 5.94. The fraction of sp³-hybridized carbons (Fsp3) is 0.700. The summed E-state index contributed by atoms with van der Waals surface area (Å²) in [6.45, 7) is 7.92. The van der Waals surface area contributed by atoms with Gasteiger partial charge in [-0.1, -0.05) is 20.3 Å². The van der Waals surface area contributed by atoms with Gasteiger partial charge in [0.2, 0.25) is 5.91 Å². The molecule has 1 saturated carbocycles. The zero-order valence-corrected chi connectivity index (χ0v) is 15.6. The van der Waals surface area contributed by atoms with E-state index in [1.165, 1.54) is 12.5 Å². The Morgan fingerprint density at radius 3 is 2.44 bits per heavy atom. The highest BCUT2D eigenvalue weighted by Gasteiger charge is 2.40. The van der Waals surface area contributed by atoms with Gasteiger partial charge in [0.1, 0.15) is 6.26 Å². The number of rotatable bonds is 6. The molecule has 1 saturated heterocycles. The average molecular weight is 346 g/mol. The van der Waals surface area contributed by atoms with Crippen LogP contribution >= 0.6 is 0 Å². The Labute approximate surface area is 150 Å². The molecule has 2 amide bonds.